The Morgan fingerprint density at radius 1 is 0.767 bits per heavy atom. The summed E-state index contributed by atoms with van der Waals surface area (Å²) < 4.78 is 2.23. The number of halogens is 2. The van der Waals surface area contributed by atoms with Gasteiger partial charge in [0.25, 0.3) is 5.91 Å². The molecule has 1 fully saturated rings. The number of fused-ring (bicyclic) bond motifs is 2. The number of aryl methyl sites for hydroxylation is 1. The number of nitrogens with zero attached hydrogens (tertiary/aromatic N) is 4. The molecule has 0 N–H and O–H groups in total. The molecule has 0 radical (unpaired) electrons. The smallest absolute Gasteiger partial charge is 0.254 e. The van der Waals surface area contributed by atoms with E-state index in [9.17, 15) is 9.59 Å². The predicted octanol–water partition coefficient (Wildman–Crippen LogP) is 6.95. The van der Waals surface area contributed by atoms with Crippen molar-refractivity contribution in [3.8, 4) is 0 Å². The number of amides is 2. The molecule has 4 aromatic carbocycles. The number of hydrogen-bond acceptors (Lipinski definition) is 3. The summed E-state index contributed by atoms with van der Waals surface area (Å²) >= 11 is 0. The van der Waals surface area contributed by atoms with Crippen LogP contribution >= 0.6 is 24.8 Å². The van der Waals surface area contributed by atoms with E-state index in [1.807, 2.05) is 58.5 Å². The highest BCUT2D eigenvalue weighted by Gasteiger charge is 2.26. The van der Waals surface area contributed by atoms with Crippen LogP contribution in [0.25, 0.3) is 21.5 Å². The molecular formula is C35H38Cl2N4O2. The van der Waals surface area contributed by atoms with Gasteiger partial charge in [-0.3, -0.25) is 9.59 Å². The van der Waals surface area contributed by atoms with Crippen molar-refractivity contribution < 1.29 is 9.59 Å². The fourth-order valence-corrected chi connectivity index (χ4v) is 5.85. The Kier molecular flexibility index (Phi) is 10.8. The van der Waals surface area contributed by atoms with E-state index in [-0.39, 0.29) is 36.6 Å². The van der Waals surface area contributed by atoms with Gasteiger partial charge in [-0.1, -0.05) is 86.1 Å². The molecule has 1 aromatic heterocycles. The highest BCUT2D eigenvalue weighted by molar-refractivity contribution is 6.07. The van der Waals surface area contributed by atoms with Gasteiger partial charge in [0.1, 0.15) is 5.82 Å². The Morgan fingerprint density at radius 2 is 1.44 bits per heavy atom. The summed E-state index contributed by atoms with van der Waals surface area (Å²) in [6, 6.07) is 28.8. The van der Waals surface area contributed by atoms with E-state index in [4.69, 9.17) is 4.98 Å². The standard InChI is InChI=1S/C35H36N4O2.2ClH/c1-2-3-15-33-36-24-30(39(33)25-26-16-17-27-9-4-5-11-29(27)22-26)23-34(40)37-18-20-38(21-19-37)35(41)32-14-8-12-28-10-6-7-13-31(28)32;;/h4-14,16-17,22,24H,2-3,15,18-21,23,25H2,1H3;2*1H. The van der Waals surface area contributed by atoms with Gasteiger partial charge >= 0.3 is 0 Å². The van der Waals surface area contributed by atoms with Crippen molar-refractivity contribution in [2.45, 2.75) is 39.2 Å². The molecule has 0 aliphatic carbocycles. The largest absolute Gasteiger partial charge is 0.339 e. The maximum absolute atomic E-state index is 13.5. The third-order valence-corrected chi connectivity index (χ3v) is 8.20. The molecule has 43 heavy (non-hydrogen) atoms. The van der Waals surface area contributed by atoms with E-state index in [0.717, 1.165) is 47.1 Å². The number of carbonyl (C=O) groups excluding carboxylic acids is 2. The molecule has 0 atom stereocenters. The van der Waals surface area contributed by atoms with Crippen molar-refractivity contribution in [1.29, 1.82) is 0 Å². The third kappa shape index (κ3) is 7.03. The zero-order valence-corrected chi connectivity index (χ0v) is 26.1. The minimum atomic E-state index is 0. The lowest BCUT2D eigenvalue weighted by molar-refractivity contribution is -0.132. The SMILES string of the molecule is CCCCc1ncc(CC(=O)N2CCN(C(=O)c3cccc4ccccc34)CC2)n1Cc1ccc2ccccc2c1.Cl.Cl. The highest BCUT2D eigenvalue weighted by Crippen LogP contribution is 2.22. The van der Waals surface area contributed by atoms with Gasteiger partial charge in [0.05, 0.1) is 6.42 Å². The molecule has 8 heteroatoms. The van der Waals surface area contributed by atoms with E-state index >= 15 is 0 Å². The normalized spacial score (nSPS) is 13.0. The van der Waals surface area contributed by atoms with Crippen LogP contribution in [-0.2, 0) is 24.2 Å². The van der Waals surface area contributed by atoms with E-state index in [0.29, 0.717) is 39.1 Å². The van der Waals surface area contributed by atoms with Crippen LogP contribution in [0.3, 0.4) is 0 Å². The highest BCUT2D eigenvalue weighted by atomic mass is 35.5. The Balaban J connectivity index is 0.00000212. The lowest BCUT2D eigenvalue weighted by Gasteiger charge is -2.35. The molecule has 1 saturated heterocycles. The zero-order valence-electron chi connectivity index (χ0n) is 24.4. The number of carbonyl (C=O) groups is 2. The van der Waals surface area contributed by atoms with Crippen LogP contribution in [0.5, 0.6) is 0 Å². The quantitative estimate of drug-likeness (QED) is 0.189. The summed E-state index contributed by atoms with van der Waals surface area (Å²) in [5.74, 6) is 1.15. The Hall–Kier alpha value is -3.87. The molecule has 6 nitrogen and oxygen atoms in total. The minimum Gasteiger partial charge on any atom is -0.339 e. The second-order valence-electron chi connectivity index (χ2n) is 10.9. The summed E-state index contributed by atoms with van der Waals surface area (Å²) in [6.45, 7) is 5.02. The van der Waals surface area contributed by atoms with Crippen LogP contribution < -0.4 is 0 Å². The van der Waals surface area contributed by atoms with Crippen molar-refractivity contribution >= 4 is 58.2 Å². The summed E-state index contributed by atoms with van der Waals surface area (Å²) in [7, 11) is 0. The van der Waals surface area contributed by atoms with Crippen LogP contribution in [0.2, 0.25) is 0 Å². The van der Waals surface area contributed by atoms with Crippen molar-refractivity contribution in [3.05, 3.63) is 114 Å². The first kappa shape index (κ1) is 32.1. The number of imidazole rings is 1. The molecule has 224 valence electrons. The van der Waals surface area contributed by atoms with Gasteiger partial charge in [0, 0.05) is 56.6 Å². The predicted molar refractivity (Wildman–Crippen MR) is 179 cm³/mol. The number of benzene rings is 4. The van der Waals surface area contributed by atoms with Crippen LogP contribution in [0.1, 0.15) is 47.2 Å². The number of unbranched alkanes of at least 4 members (excludes halogenated alkanes) is 1. The number of rotatable bonds is 8. The molecule has 1 aliphatic rings. The van der Waals surface area contributed by atoms with E-state index in [2.05, 4.69) is 54.0 Å². The molecule has 0 spiro atoms. The van der Waals surface area contributed by atoms with E-state index < -0.39 is 0 Å². The maximum atomic E-state index is 13.5. The molecule has 0 unspecified atom stereocenters. The third-order valence-electron chi connectivity index (χ3n) is 8.20. The molecule has 0 bridgehead atoms. The lowest BCUT2D eigenvalue weighted by atomic mass is 10.0. The number of aromatic nitrogens is 2. The Bertz CT molecular complexity index is 1700. The van der Waals surface area contributed by atoms with Crippen LogP contribution in [0.4, 0.5) is 0 Å². The van der Waals surface area contributed by atoms with Gasteiger partial charge in [-0.2, -0.15) is 0 Å². The minimum absolute atomic E-state index is 0. The molecule has 2 heterocycles. The lowest BCUT2D eigenvalue weighted by Crippen LogP contribution is -2.51. The van der Waals surface area contributed by atoms with Gasteiger partial charge in [-0.25, -0.2) is 4.98 Å². The van der Waals surface area contributed by atoms with Gasteiger partial charge in [-0.05, 0) is 45.7 Å². The van der Waals surface area contributed by atoms with Crippen molar-refractivity contribution in [2.24, 2.45) is 0 Å². The van der Waals surface area contributed by atoms with Crippen LogP contribution in [-0.4, -0.2) is 57.3 Å². The fraction of sp³-hybridized carbons (Fsp3) is 0.286. The first-order valence-electron chi connectivity index (χ1n) is 14.7. The van der Waals surface area contributed by atoms with Crippen molar-refractivity contribution in [1.82, 2.24) is 19.4 Å². The zero-order chi connectivity index (χ0) is 28.2. The van der Waals surface area contributed by atoms with Gasteiger partial charge < -0.3 is 14.4 Å². The second-order valence-corrected chi connectivity index (χ2v) is 10.9. The average Bonchev–Trinajstić information content (AvgIpc) is 3.39. The molecule has 6 rings (SSSR count). The first-order chi connectivity index (χ1) is 20.1. The molecule has 0 saturated carbocycles. The van der Waals surface area contributed by atoms with Crippen molar-refractivity contribution in [2.75, 3.05) is 26.2 Å². The second kappa shape index (κ2) is 14.5. The summed E-state index contributed by atoms with van der Waals surface area (Å²) in [5.41, 5.74) is 2.87. The van der Waals surface area contributed by atoms with E-state index in [1.54, 1.807) is 0 Å². The molecular weight excluding hydrogens is 579 g/mol. The maximum Gasteiger partial charge on any atom is 0.254 e. The Morgan fingerprint density at radius 3 is 2.21 bits per heavy atom. The van der Waals surface area contributed by atoms with Crippen LogP contribution in [0, 0.1) is 0 Å². The molecule has 2 amide bonds. The number of hydrogen-bond donors (Lipinski definition) is 0. The van der Waals surface area contributed by atoms with E-state index in [1.165, 1.54) is 16.3 Å². The Labute approximate surface area is 265 Å². The fourth-order valence-electron chi connectivity index (χ4n) is 5.85. The van der Waals surface area contributed by atoms with Gasteiger partial charge in [0.2, 0.25) is 5.91 Å². The van der Waals surface area contributed by atoms with Gasteiger partial charge in [0.15, 0.2) is 0 Å². The first-order valence-corrected chi connectivity index (χ1v) is 14.7. The monoisotopic (exact) mass is 616 g/mol. The van der Waals surface area contributed by atoms with Gasteiger partial charge in [-0.15, -0.1) is 24.8 Å². The topological polar surface area (TPSA) is 58.4 Å². The van der Waals surface area contributed by atoms with Crippen molar-refractivity contribution in [3.63, 3.8) is 0 Å². The van der Waals surface area contributed by atoms with Crippen LogP contribution in [0.15, 0.2) is 91.1 Å². The average molecular weight is 618 g/mol. The summed E-state index contributed by atoms with van der Waals surface area (Å²) in [4.78, 5) is 35.4. The summed E-state index contributed by atoms with van der Waals surface area (Å²) in [6.07, 6.45) is 5.25. The molecule has 5 aromatic rings. The summed E-state index contributed by atoms with van der Waals surface area (Å²) in [5, 5.41) is 4.47. The number of piperazine rings is 1. The molecule has 1 aliphatic heterocycles.